The molecular weight excluding hydrogens is 498 g/mol. The summed E-state index contributed by atoms with van der Waals surface area (Å²) in [6.45, 7) is 4.34. The molecule has 1 aromatic carbocycles. The molecule has 2 fully saturated rings. The molecule has 6 rings (SSSR count). The van der Waals surface area contributed by atoms with Crippen molar-refractivity contribution >= 4 is 48.1 Å². The number of benzene rings is 1. The van der Waals surface area contributed by atoms with Crippen LogP contribution in [0.25, 0.3) is 32.5 Å². The first kappa shape index (κ1) is 23.7. The Hall–Kier alpha value is -2.64. The third kappa shape index (κ3) is 4.37. The maximum absolute atomic E-state index is 12.1. The van der Waals surface area contributed by atoms with Gasteiger partial charge in [0.15, 0.2) is 21.5 Å². The first-order valence-corrected chi connectivity index (χ1v) is 14.9. The lowest BCUT2D eigenvalue weighted by Gasteiger charge is -2.28. The van der Waals surface area contributed by atoms with Crippen molar-refractivity contribution in [1.29, 1.82) is 0 Å². The van der Waals surface area contributed by atoms with Gasteiger partial charge in [0.1, 0.15) is 5.37 Å². The average Bonchev–Trinajstić information content (AvgIpc) is 3.62. The van der Waals surface area contributed by atoms with E-state index in [2.05, 4.69) is 26.1 Å². The average molecular weight is 528 g/mol. The van der Waals surface area contributed by atoms with Crippen molar-refractivity contribution in [2.45, 2.75) is 30.8 Å². The minimum atomic E-state index is -3.32. The summed E-state index contributed by atoms with van der Waals surface area (Å²) in [4.78, 5) is 15.6. The minimum Gasteiger partial charge on any atom is -0.378 e. The van der Waals surface area contributed by atoms with E-state index in [0.717, 1.165) is 69.9 Å². The van der Waals surface area contributed by atoms with Crippen LogP contribution in [0.1, 0.15) is 17.7 Å². The van der Waals surface area contributed by atoms with Crippen LogP contribution in [0.15, 0.2) is 30.5 Å². The SMILES string of the molecule is CS(=O)(=O)C(N)C1CCCN1Cc1cc2nc(-c3cccc4[nH]ncc34)nc(N3CCOCC3)c2s1. The fourth-order valence-electron chi connectivity index (χ4n) is 5.22. The molecule has 2 atom stereocenters. The third-order valence-corrected chi connectivity index (χ3v) is 9.50. The van der Waals surface area contributed by atoms with Crippen LogP contribution in [-0.4, -0.2) is 84.0 Å². The number of H-pyrrole nitrogens is 1. The Morgan fingerprint density at radius 1 is 1.25 bits per heavy atom. The molecule has 10 nitrogen and oxygen atoms in total. The third-order valence-electron chi connectivity index (χ3n) is 7.09. The summed E-state index contributed by atoms with van der Waals surface area (Å²) in [5.74, 6) is 1.58. The second-order valence-electron chi connectivity index (χ2n) is 9.51. The van der Waals surface area contributed by atoms with Crippen LogP contribution < -0.4 is 10.6 Å². The van der Waals surface area contributed by atoms with Gasteiger partial charge in [-0.15, -0.1) is 11.3 Å². The van der Waals surface area contributed by atoms with Gasteiger partial charge in [-0.05, 0) is 31.5 Å². The first-order chi connectivity index (χ1) is 17.4. The van der Waals surface area contributed by atoms with Crippen LogP contribution in [0.5, 0.6) is 0 Å². The van der Waals surface area contributed by atoms with Gasteiger partial charge in [0, 0.05) is 47.8 Å². The van der Waals surface area contributed by atoms with E-state index in [0.29, 0.717) is 25.6 Å². The lowest BCUT2D eigenvalue weighted by Crippen LogP contribution is -2.47. The molecule has 0 amide bonds. The predicted molar refractivity (Wildman–Crippen MR) is 142 cm³/mol. The maximum Gasteiger partial charge on any atom is 0.164 e. The quantitative estimate of drug-likeness (QED) is 0.388. The number of aromatic amines is 1. The van der Waals surface area contributed by atoms with E-state index >= 15 is 0 Å². The monoisotopic (exact) mass is 527 g/mol. The maximum atomic E-state index is 12.1. The van der Waals surface area contributed by atoms with Gasteiger partial charge in [-0.3, -0.25) is 10.00 Å². The van der Waals surface area contributed by atoms with Crippen molar-refractivity contribution in [3.05, 3.63) is 35.3 Å². The molecule has 0 saturated carbocycles. The van der Waals surface area contributed by atoms with E-state index in [1.165, 1.54) is 6.26 Å². The number of likely N-dealkylation sites (tertiary alicyclic amines) is 1. The number of sulfone groups is 1. The highest BCUT2D eigenvalue weighted by Crippen LogP contribution is 2.37. The smallest absolute Gasteiger partial charge is 0.164 e. The van der Waals surface area contributed by atoms with Crippen molar-refractivity contribution < 1.29 is 13.2 Å². The van der Waals surface area contributed by atoms with Crippen LogP contribution in [0, 0.1) is 0 Å². The van der Waals surface area contributed by atoms with Gasteiger partial charge in [-0.25, -0.2) is 18.4 Å². The number of anilines is 1. The molecule has 2 unspecified atom stereocenters. The Morgan fingerprint density at radius 2 is 2.08 bits per heavy atom. The zero-order chi connectivity index (χ0) is 24.9. The molecule has 0 radical (unpaired) electrons. The summed E-state index contributed by atoms with van der Waals surface area (Å²) in [7, 11) is -3.32. The number of rotatable bonds is 6. The second kappa shape index (κ2) is 9.34. The number of hydrogen-bond donors (Lipinski definition) is 2. The molecular formula is C24H29N7O3S2. The number of nitrogens with two attached hydrogens (primary N) is 1. The lowest BCUT2D eigenvalue weighted by atomic mass is 10.1. The van der Waals surface area contributed by atoms with Gasteiger partial charge in [0.2, 0.25) is 0 Å². The van der Waals surface area contributed by atoms with E-state index in [4.69, 9.17) is 20.4 Å². The number of thiophene rings is 1. The van der Waals surface area contributed by atoms with Gasteiger partial charge in [-0.2, -0.15) is 5.10 Å². The molecule has 4 aromatic rings. The molecule has 0 aliphatic carbocycles. The second-order valence-corrected chi connectivity index (χ2v) is 12.8. The molecule has 0 spiro atoms. The van der Waals surface area contributed by atoms with E-state index < -0.39 is 15.2 Å². The zero-order valence-corrected chi connectivity index (χ0v) is 21.7. The molecule has 5 heterocycles. The number of morpholine rings is 1. The van der Waals surface area contributed by atoms with Crippen molar-refractivity contribution in [3.8, 4) is 11.4 Å². The molecule has 0 bridgehead atoms. The van der Waals surface area contributed by atoms with Crippen molar-refractivity contribution in [1.82, 2.24) is 25.1 Å². The number of nitrogens with zero attached hydrogens (tertiary/aromatic N) is 5. The molecule has 36 heavy (non-hydrogen) atoms. The predicted octanol–water partition coefficient (Wildman–Crippen LogP) is 2.36. The molecule has 2 saturated heterocycles. The Labute approximate surface area is 213 Å². The van der Waals surface area contributed by atoms with Gasteiger partial charge in [0.05, 0.1) is 35.1 Å². The summed E-state index contributed by atoms with van der Waals surface area (Å²) >= 11 is 1.68. The molecule has 2 aliphatic rings. The van der Waals surface area contributed by atoms with Gasteiger partial charge in [0.25, 0.3) is 0 Å². The summed E-state index contributed by atoms with van der Waals surface area (Å²) in [5.41, 5.74) is 8.91. The number of hydrogen-bond acceptors (Lipinski definition) is 10. The largest absolute Gasteiger partial charge is 0.378 e. The normalized spacial score (nSPS) is 20.5. The summed E-state index contributed by atoms with van der Waals surface area (Å²) in [5, 5.41) is 7.33. The summed E-state index contributed by atoms with van der Waals surface area (Å²) in [6, 6.07) is 7.94. The highest BCUT2D eigenvalue weighted by molar-refractivity contribution is 7.91. The molecule has 3 aromatic heterocycles. The number of nitrogens with one attached hydrogen (secondary N) is 1. The van der Waals surface area contributed by atoms with Crippen LogP contribution in [0.4, 0.5) is 5.82 Å². The topological polar surface area (TPSA) is 130 Å². The highest BCUT2D eigenvalue weighted by atomic mass is 32.2. The van der Waals surface area contributed by atoms with E-state index in [1.54, 1.807) is 11.3 Å². The van der Waals surface area contributed by atoms with E-state index in [1.807, 2.05) is 24.4 Å². The fraction of sp³-hybridized carbons (Fsp3) is 0.458. The van der Waals surface area contributed by atoms with Crippen LogP contribution in [-0.2, 0) is 21.1 Å². The number of ether oxygens (including phenoxy) is 1. The van der Waals surface area contributed by atoms with Crippen molar-refractivity contribution in [2.75, 3.05) is 44.0 Å². The number of fused-ring (bicyclic) bond motifs is 2. The number of aromatic nitrogens is 4. The minimum absolute atomic E-state index is 0.177. The van der Waals surface area contributed by atoms with E-state index in [9.17, 15) is 8.42 Å². The Morgan fingerprint density at radius 3 is 2.89 bits per heavy atom. The van der Waals surface area contributed by atoms with Gasteiger partial charge >= 0.3 is 0 Å². The summed E-state index contributed by atoms with van der Waals surface area (Å²) in [6.07, 6.45) is 4.76. The standard InChI is InChI=1S/C24H29N7O3S2/c1-36(32,33)22(25)20-6-3-7-31(20)14-15-12-19-21(35-15)24(30-8-10-34-11-9-30)28-23(27-19)16-4-2-5-18-17(16)13-26-29-18/h2,4-5,12-13,20,22H,3,6-11,14,25H2,1H3,(H,26,29). The molecule has 190 valence electrons. The van der Waals surface area contributed by atoms with Crippen LogP contribution in [0.2, 0.25) is 0 Å². The Kier molecular flexibility index (Phi) is 6.16. The lowest BCUT2D eigenvalue weighted by molar-refractivity contribution is 0.122. The van der Waals surface area contributed by atoms with Crippen molar-refractivity contribution in [2.24, 2.45) is 5.73 Å². The van der Waals surface area contributed by atoms with Gasteiger partial charge < -0.3 is 15.4 Å². The zero-order valence-electron chi connectivity index (χ0n) is 20.1. The van der Waals surface area contributed by atoms with E-state index in [-0.39, 0.29) is 6.04 Å². The van der Waals surface area contributed by atoms with Crippen LogP contribution in [0.3, 0.4) is 0 Å². The molecule has 2 aliphatic heterocycles. The first-order valence-electron chi connectivity index (χ1n) is 12.1. The van der Waals surface area contributed by atoms with Crippen molar-refractivity contribution in [3.63, 3.8) is 0 Å². The fourth-order valence-corrected chi connectivity index (χ4v) is 7.24. The highest BCUT2D eigenvalue weighted by Gasteiger charge is 2.35. The summed E-state index contributed by atoms with van der Waals surface area (Å²) < 4.78 is 30.9. The Balaban J connectivity index is 1.41. The van der Waals surface area contributed by atoms with Crippen LogP contribution >= 0.6 is 11.3 Å². The molecule has 3 N–H and O–H groups in total. The molecule has 12 heteroatoms. The van der Waals surface area contributed by atoms with Gasteiger partial charge in [-0.1, -0.05) is 12.1 Å². The Bertz CT molecular complexity index is 1510.